The van der Waals surface area contributed by atoms with E-state index in [9.17, 15) is 9.59 Å². The van der Waals surface area contributed by atoms with Crippen molar-refractivity contribution >= 4 is 11.6 Å². The normalized spacial score (nSPS) is 31.1. The minimum atomic E-state index is -0.567. The van der Waals surface area contributed by atoms with Gasteiger partial charge >= 0.3 is 0 Å². The summed E-state index contributed by atoms with van der Waals surface area (Å²) in [5.41, 5.74) is 3.71. The third-order valence-corrected chi connectivity index (χ3v) is 5.53. The molecule has 3 atom stereocenters. The second kappa shape index (κ2) is 5.86. The zero-order valence-electron chi connectivity index (χ0n) is 14.6. The molecule has 2 fully saturated rings. The number of carbonyl (C=O) groups is 2. The standard InChI is InChI=1S/C20H26O3/c1-12-7-13(2)17(14(3)8-12)18-16(21)10-20(4,19(18)22)9-15-5-6-23-11-15/h7-8,15,18H,5-6,9-11H2,1-4H3. The van der Waals surface area contributed by atoms with Gasteiger partial charge in [0.2, 0.25) is 0 Å². The molecule has 2 aliphatic rings. The van der Waals surface area contributed by atoms with E-state index >= 15 is 0 Å². The van der Waals surface area contributed by atoms with E-state index in [1.807, 2.05) is 27.7 Å². The van der Waals surface area contributed by atoms with Crippen LogP contribution in [0, 0.1) is 32.1 Å². The predicted octanol–water partition coefficient (Wildman–Crippen LogP) is 3.67. The molecular weight excluding hydrogens is 288 g/mol. The minimum absolute atomic E-state index is 0.0893. The van der Waals surface area contributed by atoms with Gasteiger partial charge in [-0.3, -0.25) is 9.59 Å². The van der Waals surface area contributed by atoms with Crippen LogP contribution in [-0.2, 0) is 14.3 Å². The first-order valence-corrected chi connectivity index (χ1v) is 8.54. The molecule has 0 aromatic heterocycles. The molecule has 1 saturated carbocycles. The van der Waals surface area contributed by atoms with Crippen LogP contribution >= 0.6 is 0 Å². The van der Waals surface area contributed by atoms with Crippen LogP contribution in [0.25, 0.3) is 0 Å². The number of ether oxygens (including phenoxy) is 1. The Labute approximate surface area is 138 Å². The average molecular weight is 314 g/mol. The third-order valence-electron chi connectivity index (χ3n) is 5.53. The van der Waals surface area contributed by atoms with Crippen LogP contribution in [0.4, 0.5) is 0 Å². The number of benzene rings is 1. The van der Waals surface area contributed by atoms with Crippen molar-refractivity contribution in [2.45, 2.75) is 52.9 Å². The molecule has 1 aliphatic heterocycles. The Morgan fingerprint density at radius 3 is 2.39 bits per heavy atom. The molecule has 0 amide bonds. The summed E-state index contributed by atoms with van der Waals surface area (Å²) in [6, 6.07) is 4.15. The van der Waals surface area contributed by atoms with Crippen LogP contribution < -0.4 is 0 Å². The molecule has 124 valence electrons. The summed E-state index contributed by atoms with van der Waals surface area (Å²) in [5, 5.41) is 0. The molecule has 1 aromatic carbocycles. The van der Waals surface area contributed by atoms with Gasteiger partial charge < -0.3 is 4.74 Å². The summed E-state index contributed by atoms with van der Waals surface area (Å²) in [7, 11) is 0. The maximum Gasteiger partial charge on any atom is 0.154 e. The lowest BCUT2D eigenvalue weighted by Gasteiger charge is -2.25. The highest BCUT2D eigenvalue weighted by Crippen LogP contribution is 2.47. The fourth-order valence-electron chi connectivity index (χ4n) is 4.56. The number of rotatable bonds is 3. The summed E-state index contributed by atoms with van der Waals surface area (Å²) < 4.78 is 5.44. The van der Waals surface area contributed by atoms with Crippen molar-refractivity contribution in [1.82, 2.24) is 0 Å². The van der Waals surface area contributed by atoms with E-state index in [2.05, 4.69) is 12.1 Å². The maximum absolute atomic E-state index is 13.2. The van der Waals surface area contributed by atoms with Gasteiger partial charge in [0.25, 0.3) is 0 Å². The van der Waals surface area contributed by atoms with Gasteiger partial charge in [0, 0.05) is 25.0 Å². The van der Waals surface area contributed by atoms with Crippen molar-refractivity contribution in [2.24, 2.45) is 11.3 Å². The quantitative estimate of drug-likeness (QED) is 0.800. The van der Waals surface area contributed by atoms with Gasteiger partial charge in [-0.1, -0.05) is 24.6 Å². The predicted molar refractivity (Wildman–Crippen MR) is 89.7 cm³/mol. The molecule has 1 aliphatic carbocycles. The van der Waals surface area contributed by atoms with Crippen LogP contribution in [0.2, 0.25) is 0 Å². The van der Waals surface area contributed by atoms with Crippen LogP contribution in [-0.4, -0.2) is 24.8 Å². The van der Waals surface area contributed by atoms with E-state index in [1.165, 1.54) is 5.56 Å². The molecule has 0 N–H and O–H groups in total. The summed E-state index contributed by atoms with van der Waals surface area (Å²) in [4.78, 5) is 25.9. The molecule has 3 rings (SSSR count). The fourth-order valence-corrected chi connectivity index (χ4v) is 4.56. The topological polar surface area (TPSA) is 43.4 Å². The van der Waals surface area contributed by atoms with E-state index < -0.39 is 11.3 Å². The van der Waals surface area contributed by atoms with E-state index in [0.717, 1.165) is 42.7 Å². The molecule has 23 heavy (non-hydrogen) atoms. The molecule has 0 radical (unpaired) electrons. The number of carbonyl (C=O) groups excluding carboxylic acids is 2. The molecule has 0 spiro atoms. The van der Waals surface area contributed by atoms with Crippen molar-refractivity contribution in [1.29, 1.82) is 0 Å². The highest BCUT2D eigenvalue weighted by Gasteiger charge is 2.51. The van der Waals surface area contributed by atoms with Crippen LogP contribution in [0.3, 0.4) is 0 Å². The van der Waals surface area contributed by atoms with Gasteiger partial charge in [0.05, 0.1) is 0 Å². The Bertz CT molecular complexity index is 632. The van der Waals surface area contributed by atoms with Crippen molar-refractivity contribution < 1.29 is 14.3 Å². The summed E-state index contributed by atoms with van der Waals surface area (Å²) in [5.74, 6) is 0.0505. The number of Topliss-reactive ketones (excluding diaryl/α,β-unsaturated/α-hetero) is 2. The second-order valence-electron chi connectivity index (χ2n) is 7.75. The highest BCUT2D eigenvalue weighted by atomic mass is 16.5. The minimum Gasteiger partial charge on any atom is -0.381 e. The Morgan fingerprint density at radius 2 is 1.83 bits per heavy atom. The monoisotopic (exact) mass is 314 g/mol. The van der Waals surface area contributed by atoms with E-state index in [1.54, 1.807) is 0 Å². The molecule has 3 nitrogen and oxygen atoms in total. The van der Waals surface area contributed by atoms with E-state index in [0.29, 0.717) is 12.3 Å². The lowest BCUT2D eigenvalue weighted by molar-refractivity contribution is -0.127. The summed E-state index contributed by atoms with van der Waals surface area (Å²) >= 11 is 0. The number of hydrogen-bond acceptors (Lipinski definition) is 3. The van der Waals surface area contributed by atoms with Gasteiger partial charge in [-0.25, -0.2) is 0 Å². The van der Waals surface area contributed by atoms with Crippen LogP contribution in [0.15, 0.2) is 12.1 Å². The first-order chi connectivity index (χ1) is 10.8. The smallest absolute Gasteiger partial charge is 0.154 e. The van der Waals surface area contributed by atoms with Gasteiger partial charge in [-0.05, 0) is 56.2 Å². The largest absolute Gasteiger partial charge is 0.381 e. The van der Waals surface area contributed by atoms with Gasteiger partial charge in [0.1, 0.15) is 11.7 Å². The van der Waals surface area contributed by atoms with Crippen molar-refractivity contribution in [3.63, 3.8) is 0 Å². The number of aryl methyl sites for hydroxylation is 3. The summed E-state index contributed by atoms with van der Waals surface area (Å²) in [6.07, 6.45) is 2.15. The Balaban J connectivity index is 1.92. The Hall–Kier alpha value is -1.48. The zero-order valence-corrected chi connectivity index (χ0v) is 14.6. The molecular formula is C20H26O3. The summed E-state index contributed by atoms with van der Waals surface area (Å²) in [6.45, 7) is 9.55. The zero-order chi connectivity index (χ0) is 16.8. The molecule has 1 heterocycles. The molecule has 3 heteroatoms. The fraction of sp³-hybridized carbons (Fsp3) is 0.600. The van der Waals surface area contributed by atoms with Gasteiger partial charge in [-0.15, -0.1) is 0 Å². The average Bonchev–Trinajstić information content (AvgIpc) is 3.00. The Kier molecular flexibility index (Phi) is 4.18. The van der Waals surface area contributed by atoms with Gasteiger partial charge in [-0.2, -0.15) is 0 Å². The van der Waals surface area contributed by atoms with Crippen LogP contribution in [0.5, 0.6) is 0 Å². The highest BCUT2D eigenvalue weighted by molar-refractivity contribution is 6.16. The van der Waals surface area contributed by atoms with Crippen molar-refractivity contribution in [3.8, 4) is 0 Å². The van der Waals surface area contributed by atoms with E-state index in [-0.39, 0.29) is 11.6 Å². The molecule has 1 aromatic rings. The SMILES string of the molecule is Cc1cc(C)c(C2C(=O)CC(C)(CC3CCOC3)C2=O)c(C)c1. The first-order valence-electron chi connectivity index (χ1n) is 8.54. The van der Waals surface area contributed by atoms with Crippen LogP contribution in [0.1, 0.15) is 54.4 Å². The maximum atomic E-state index is 13.2. The Morgan fingerprint density at radius 1 is 1.17 bits per heavy atom. The molecule has 3 unspecified atom stereocenters. The van der Waals surface area contributed by atoms with Gasteiger partial charge in [0.15, 0.2) is 5.78 Å². The lowest BCUT2D eigenvalue weighted by atomic mass is 9.76. The third kappa shape index (κ3) is 2.87. The number of hydrogen-bond donors (Lipinski definition) is 0. The van der Waals surface area contributed by atoms with E-state index in [4.69, 9.17) is 4.74 Å². The first kappa shape index (κ1) is 16.4. The number of ketones is 2. The molecule has 0 bridgehead atoms. The van der Waals surface area contributed by atoms with Crippen molar-refractivity contribution in [2.75, 3.05) is 13.2 Å². The lowest BCUT2D eigenvalue weighted by Crippen LogP contribution is -2.28. The second-order valence-corrected chi connectivity index (χ2v) is 7.75. The molecule has 1 saturated heterocycles. The van der Waals surface area contributed by atoms with Crippen molar-refractivity contribution in [3.05, 3.63) is 34.4 Å².